The van der Waals surface area contributed by atoms with Gasteiger partial charge in [-0.1, -0.05) is 13.3 Å². The summed E-state index contributed by atoms with van der Waals surface area (Å²) in [6, 6.07) is 1.40. The van der Waals surface area contributed by atoms with Crippen molar-refractivity contribution in [2.75, 3.05) is 13.1 Å². The average molecular weight is 336 g/mol. The van der Waals surface area contributed by atoms with Crippen molar-refractivity contribution in [2.45, 2.75) is 38.0 Å². The molecule has 0 aromatic carbocycles. The van der Waals surface area contributed by atoms with Gasteiger partial charge in [0.1, 0.15) is 0 Å². The molecule has 1 aromatic rings. The van der Waals surface area contributed by atoms with Gasteiger partial charge in [0.2, 0.25) is 0 Å². The number of rotatable bonds is 4. The number of hydrogen-bond donors (Lipinski definition) is 0. The van der Waals surface area contributed by atoms with Crippen molar-refractivity contribution in [1.29, 1.82) is 0 Å². The fraction of sp³-hybridized carbons (Fsp3) is 0.615. The third-order valence-electron chi connectivity index (χ3n) is 3.62. The number of nitrogens with zero attached hydrogens (tertiary/aromatic N) is 1. The first-order valence-electron chi connectivity index (χ1n) is 6.67. The highest BCUT2D eigenvalue weighted by Gasteiger charge is 2.28. The molecule has 2 rings (SSSR count). The topological polar surface area (TPSA) is 54.5 Å². The third kappa shape index (κ3) is 3.35. The van der Waals surface area contributed by atoms with Crippen LogP contribution in [-0.2, 0) is 9.05 Å². The summed E-state index contributed by atoms with van der Waals surface area (Å²) < 4.78 is 22.8. The third-order valence-corrected chi connectivity index (χ3v) is 6.23. The molecule has 0 aliphatic carbocycles. The smallest absolute Gasteiger partial charge is 0.263 e. The molecule has 0 bridgehead atoms. The molecule has 4 nitrogen and oxygen atoms in total. The van der Waals surface area contributed by atoms with Crippen LogP contribution < -0.4 is 0 Å². The van der Waals surface area contributed by atoms with Crippen LogP contribution in [0.2, 0.25) is 0 Å². The van der Waals surface area contributed by atoms with Gasteiger partial charge in [0, 0.05) is 28.6 Å². The van der Waals surface area contributed by atoms with Crippen LogP contribution in [0.25, 0.3) is 0 Å². The molecule has 1 atom stereocenters. The monoisotopic (exact) mass is 335 g/mol. The van der Waals surface area contributed by atoms with E-state index in [1.807, 2.05) is 4.90 Å². The fourth-order valence-corrected chi connectivity index (χ4v) is 5.26. The molecule has 0 radical (unpaired) electrons. The summed E-state index contributed by atoms with van der Waals surface area (Å²) in [5.41, 5.74) is 0. The van der Waals surface area contributed by atoms with Gasteiger partial charge in [-0.3, -0.25) is 4.79 Å². The maximum absolute atomic E-state index is 12.4. The molecular formula is C13H18ClNO3S2. The molecule has 7 heteroatoms. The van der Waals surface area contributed by atoms with Crippen LogP contribution in [0.3, 0.4) is 0 Å². The van der Waals surface area contributed by atoms with Crippen LogP contribution in [0.1, 0.15) is 40.7 Å². The van der Waals surface area contributed by atoms with E-state index in [2.05, 4.69) is 6.92 Å². The number of amides is 1. The molecule has 112 valence electrons. The molecule has 0 spiro atoms. The number of likely N-dealkylation sites (tertiary alicyclic amines) is 1. The Kier molecular flexibility index (Phi) is 4.76. The van der Waals surface area contributed by atoms with Gasteiger partial charge in [0.15, 0.2) is 0 Å². The summed E-state index contributed by atoms with van der Waals surface area (Å²) >= 11 is 1.20. The molecule has 1 amide bonds. The van der Waals surface area contributed by atoms with Crippen LogP contribution >= 0.6 is 22.0 Å². The molecule has 1 unspecified atom stereocenters. The number of hydrogen-bond acceptors (Lipinski definition) is 4. The maximum Gasteiger partial charge on any atom is 0.263 e. The largest absolute Gasteiger partial charge is 0.338 e. The van der Waals surface area contributed by atoms with E-state index >= 15 is 0 Å². The van der Waals surface area contributed by atoms with E-state index in [-0.39, 0.29) is 10.8 Å². The number of aryl methyl sites for hydroxylation is 1. The second-order valence-electron chi connectivity index (χ2n) is 5.16. The van der Waals surface area contributed by atoms with E-state index in [0.29, 0.717) is 15.7 Å². The van der Waals surface area contributed by atoms with Gasteiger partial charge in [-0.25, -0.2) is 8.42 Å². The quantitative estimate of drug-likeness (QED) is 0.794. The lowest BCUT2D eigenvalue weighted by atomic mass is 10.0. The molecular weight excluding hydrogens is 318 g/mol. The Balaban J connectivity index is 2.15. The molecule has 1 saturated heterocycles. The van der Waals surface area contributed by atoms with Gasteiger partial charge >= 0.3 is 0 Å². The van der Waals surface area contributed by atoms with Crippen LogP contribution in [0.4, 0.5) is 0 Å². The molecule has 2 heterocycles. The van der Waals surface area contributed by atoms with E-state index in [1.165, 1.54) is 17.4 Å². The summed E-state index contributed by atoms with van der Waals surface area (Å²) in [4.78, 5) is 15.3. The predicted molar refractivity (Wildman–Crippen MR) is 81.0 cm³/mol. The summed E-state index contributed by atoms with van der Waals surface area (Å²) in [7, 11) is 1.58. The number of carbonyl (C=O) groups excluding carboxylic acids is 1. The standard InChI is InChI=1S/C13H18ClNO3S2/c1-3-4-10-5-6-15(8-10)13(16)11-7-12(9(2)19-11)20(14,17)18/h7,10H,3-6,8H2,1-2H3. The Bertz CT molecular complexity index is 609. The first-order valence-corrected chi connectivity index (χ1v) is 9.80. The summed E-state index contributed by atoms with van der Waals surface area (Å²) in [5.74, 6) is 0.490. The van der Waals surface area contributed by atoms with Gasteiger partial charge in [-0.2, -0.15) is 0 Å². The Morgan fingerprint density at radius 1 is 1.55 bits per heavy atom. The van der Waals surface area contributed by atoms with Crippen LogP contribution in [-0.4, -0.2) is 32.3 Å². The molecule has 20 heavy (non-hydrogen) atoms. The SMILES string of the molecule is CCCC1CCN(C(=O)c2cc(S(=O)(=O)Cl)c(C)s2)C1. The second kappa shape index (κ2) is 6.03. The van der Waals surface area contributed by atoms with Crippen molar-refractivity contribution in [3.8, 4) is 0 Å². The summed E-state index contributed by atoms with van der Waals surface area (Å²) in [6.45, 7) is 5.33. The minimum Gasteiger partial charge on any atom is -0.338 e. The highest BCUT2D eigenvalue weighted by molar-refractivity contribution is 8.13. The van der Waals surface area contributed by atoms with Crippen LogP contribution in [0.5, 0.6) is 0 Å². The van der Waals surface area contributed by atoms with E-state index < -0.39 is 9.05 Å². The summed E-state index contributed by atoms with van der Waals surface area (Å²) in [6.07, 6.45) is 3.29. The van der Waals surface area contributed by atoms with E-state index in [0.717, 1.165) is 32.4 Å². The second-order valence-corrected chi connectivity index (χ2v) is 8.95. The van der Waals surface area contributed by atoms with E-state index in [1.54, 1.807) is 6.92 Å². The zero-order valence-corrected chi connectivity index (χ0v) is 13.9. The van der Waals surface area contributed by atoms with Crippen molar-refractivity contribution in [1.82, 2.24) is 4.90 Å². The molecule has 1 aliphatic rings. The Morgan fingerprint density at radius 3 is 2.80 bits per heavy atom. The Morgan fingerprint density at radius 2 is 2.25 bits per heavy atom. The Hall–Kier alpha value is -0.590. The zero-order valence-electron chi connectivity index (χ0n) is 11.6. The van der Waals surface area contributed by atoms with E-state index in [9.17, 15) is 13.2 Å². The molecule has 1 aromatic heterocycles. The van der Waals surface area contributed by atoms with Gasteiger partial charge < -0.3 is 4.90 Å². The maximum atomic E-state index is 12.4. The number of carbonyl (C=O) groups is 1. The molecule has 0 N–H and O–H groups in total. The highest BCUT2D eigenvalue weighted by atomic mass is 35.7. The lowest BCUT2D eigenvalue weighted by molar-refractivity contribution is 0.0791. The minimum atomic E-state index is -3.78. The van der Waals surface area contributed by atoms with Gasteiger partial charge in [0.05, 0.1) is 9.77 Å². The van der Waals surface area contributed by atoms with Crippen molar-refractivity contribution in [2.24, 2.45) is 5.92 Å². The highest BCUT2D eigenvalue weighted by Crippen LogP contribution is 2.30. The van der Waals surface area contributed by atoms with E-state index in [4.69, 9.17) is 10.7 Å². The van der Waals surface area contributed by atoms with Crippen molar-refractivity contribution in [3.63, 3.8) is 0 Å². The van der Waals surface area contributed by atoms with Gasteiger partial charge in [-0.15, -0.1) is 11.3 Å². The summed E-state index contributed by atoms with van der Waals surface area (Å²) in [5, 5.41) is 0. The van der Waals surface area contributed by atoms with Crippen LogP contribution in [0, 0.1) is 12.8 Å². The average Bonchev–Trinajstić information content (AvgIpc) is 2.94. The minimum absolute atomic E-state index is 0.0526. The normalized spacial score (nSPS) is 19.6. The fourth-order valence-electron chi connectivity index (χ4n) is 2.63. The first kappa shape index (κ1) is 15.8. The van der Waals surface area contributed by atoms with Crippen molar-refractivity contribution < 1.29 is 13.2 Å². The first-order chi connectivity index (χ1) is 9.32. The lowest BCUT2D eigenvalue weighted by Crippen LogP contribution is -2.28. The number of halogens is 1. The van der Waals surface area contributed by atoms with Crippen molar-refractivity contribution in [3.05, 3.63) is 15.8 Å². The lowest BCUT2D eigenvalue weighted by Gasteiger charge is -2.15. The van der Waals surface area contributed by atoms with Crippen LogP contribution in [0.15, 0.2) is 11.0 Å². The molecule has 1 aliphatic heterocycles. The van der Waals surface area contributed by atoms with Crippen molar-refractivity contribution >= 4 is 37.0 Å². The van der Waals surface area contributed by atoms with Gasteiger partial charge in [-0.05, 0) is 31.7 Å². The molecule has 0 saturated carbocycles. The number of thiophene rings is 1. The predicted octanol–water partition coefficient (Wildman–Crippen LogP) is 3.25. The Labute approximate surface area is 128 Å². The van der Waals surface area contributed by atoms with Gasteiger partial charge in [0.25, 0.3) is 15.0 Å². The zero-order chi connectivity index (χ0) is 14.9. The molecule has 1 fully saturated rings.